The van der Waals surface area contributed by atoms with Gasteiger partial charge in [-0.15, -0.1) is 0 Å². The Morgan fingerprint density at radius 2 is 1.62 bits per heavy atom. The van der Waals surface area contributed by atoms with Gasteiger partial charge in [-0.25, -0.2) is 18.7 Å². The summed E-state index contributed by atoms with van der Waals surface area (Å²) in [5.74, 6) is -2.80. The summed E-state index contributed by atoms with van der Waals surface area (Å²) in [5.41, 5.74) is -1.91. The van der Waals surface area contributed by atoms with Gasteiger partial charge in [0.05, 0.1) is 35.7 Å². The molecule has 0 spiro atoms. The van der Waals surface area contributed by atoms with Crippen molar-refractivity contribution in [1.29, 1.82) is 0 Å². The van der Waals surface area contributed by atoms with Crippen molar-refractivity contribution < 1.29 is 31.5 Å². The highest BCUT2D eigenvalue weighted by Gasteiger charge is 2.37. The van der Waals surface area contributed by atoms with Gasteiger partial charge in [0.1, 0.15) is 11.6 Å². The van der Waals surface area contributed by atoms with E-state index in [1.807, 2.05) is 30.7 Å². The molecule has 2 saturated heterocycles. The minimum Gasteiger partial charge on any atom is -0.378 e. The first-order valence-corrected chi connectivity index (χ1v) is 13.6. The van der Waals surface area contributed by atoms with E-state index in [1.54, 1.807) is 0 Å². The minimum atomic E-state index is -4.96. The van der Waals surface area contributed by atoms with Crippen molar-refractivity contribution in [3.8, 4) is 11.1 Å². The van der Waals surface area contributed by atoms with Crippen molar-refractivity contribution in [2.45, 2.75) is 32.1 Å². The highest BCUT2D eigenvalue weighted by atomic mass is 19.4. The molecule has 1 N–H and O–H groups in total. The Bertz CT molecular complexity index is 1430. The number of ether oxygens (including phenoxy) is 1. The zero-order valence-corrected chi connectivity index (χ0v) is 23.4. The number of anilines is 3. The third-order valence-electron chi connectivity index (χ3n) is 7.82. The molecule has 1 amide bonds. The zero-order chi connectivity index (χ0) is 30.2. The average Bonchev–Trinajstić information content (AvgIpc) is 2.96. The van der Waals surface area contributed by atoms with Crippen molar-refractivity contribution in [2.24, 2.45) is 0 Å². The van der Waals surface area contributed by atoms with Crippen LogP contribution in [-0.2, 0) is 10.9 Å². The third-order valence-corrected chi connectivity index (χ3v) is 7.82. The van der Waals surface area contributed by atoms with Crippen molar-refractivity contribution in [3.05, 3.63) is 65.5 Å². The molecule has 0 unspecified atom stereocenters. The first kappa shape index (κ1) is 29.6. The van der Waals surface area contributed by atoms with Gasteiger partial charge in [0.25, 0.3) is 5.91 Å². The lowest BCUT2D eigenvalue weighted by Gasteiger charge is -2.44. The molecule has 1 aromatic heterocycles. The predicted molar refractivity (Wildman–Crippen MR) is 149 cm³/mol. The topological polar surface area (TPSA) is 73.8 Å². The number of carbonyl (C=O) groups is 1. The van der Waals surface area contributed by atoms with Gasteiger partial charge >= 0.3 is 6.18 Å². The van der Waals surface area contributed by atoms with Crippen LogP contribution in [0.5, 0.6) is 0 Å². The van der Waals surface area contributed by atoms with E-state index in [-0.39, 0.29) is 29.0 Å². The van der Waals surface area contributed by atoms with Crippen LogP contribution in [0.4, 0.5) is 39.3 Å². The number of piperazine rings is 1. The fraction of sp³-hybridized carbons (Fsp3) is 0.414. The Morgan fingerprint density at radius 1 is 0.976 bits per heavy atom. The number of benzene rings is 2. The Hall–Kier alpha value is -3.84. The maximum Gasteiger partial charge on any atom is 0.417 e. The normalized spacial score (nSPS) is 20.1. The third kappa shape index (κ3) is 6.02. The molecule has 224 valence electrons. The van der Waals surface area contributed by atoms with Crippen molar-refractivity contribution in [2.75, 3.05) is 61.6 Å². The van der Waals surface area contributed by atoms with Crippen LogP contribution < -0.4 is 15.1 Å². The van der Waals surface area contributed by atoms with E-state index < -0.39 is 34.8 Å². The number of likely N-dealkylation sites (N-methyl/N-ethyl adjacent to an activating group) is 1. The number of hydrogen-bond donors (Lipinski definition) is 1. The second-order valence-electron chi connectivity index (χ2n) is 10.6. The Morgan fingerprint density at radius 3 is 2.24 bits per heavy atom. The molecule has 2 aromatic carbocycles. The van der Waals surface area contributed by atoms with Crippen LogP contribution in [0.3, 0.4) is 0 Å². The fourth-order valence-electron chi connectivity index (χ4n) is 5.31. The molecule has 0 bridgehead atoms. The lowest BCUT2D eigenvalue weighted by molar-refractivity contribution is -0.138. The van der Waals surface area contributed by atoms with E-state index in [4.69, 9.17) is 4.74 Å². The Kier molecular flexibility index (Phi) is 8.33. The second-order valence-corrected chi connectivity index (χ2v) is 10.6. The standard InChI is InChI=1S/C29H31F5N6O2/c1-17-15-40(16-18(2)38(17)3)25-12-23(31)20(19-13-35-28(36-14-19)39-7-9-42-10-8-39)11-24(25)37-27(41)26-21(29(32,33)34)5-4-6-22(26)30/h4-6,11-14,17-18H,7-10,15-16H2,1-3H3,(H,37,41)/t17-,18+. The summed E-state index contributed by atoms with van der Waals surface area (Å²) in [7, 11) is 1.97. The van der Waals surface area contributed by atoms with Crippen LogP contribution >= 0.6 is 0 Å². The lowest BCUT2D eigenvalue weighted by atomic mass is 10.0. The number of rotatable bonds is 5. The van der Waals surface area contributed by atoms with Crippen LogP contribution in [-0.4, -0.2) is 79.3 Å². The van der Waals surface area contributed by atoms with Crippen LogP contribution in [0, 0.1) is 11.6 Å². The van der Waals surface area contributed by atoms with Crippen LogP contribution in [0.2, 0.25) is 0 Å². The number of nitrogens with one attached hydrogen (secondary N) is 1. The van der Waals surface area contributed by atoms with Gasteiger partial charge in [-0.2, -0.15) is 13.2 Å². The quantitative estimate of drug-likeness (QED) is 0.417. The molecular weight excluding hydrogens is 559 g/mol. The predicted octanol–water partition coefficient (Wildman–Crippen LogP) is 5.06. The van der Waals surface area contributed by atoms with Gasteiger partial charge in [0.15, 0.2) is 0 Å². The average molecular weight is 591 g/mol. The van der Waals surface area contributed by atoms with E-state index in [0.29, 0.717) is 57.0 Å². The summed E-state index contributed by atoms with van der Waals surface area (Å²) in [5, 5.41) is 2.45. The number of amides is 1. The lowest BCUT2D eigenvalue weighted by Crippen LogP contribution is -2.55. The molecule has 0 aliphatic carbocycles. The first-order valence-electron chi connectivity index (χ1n) is 13.6. The molecule has 42 heavy (non-hydrogen) atoms. The monoisotopic (exact) mass is 590 g/mol. The molecule has 2 aliphatic heterocycles. The summed E-state index contributed by atoms with van der Waals surface area (Å²) in [6, 6.07) is 5.01. The fourth-order valence-corrected chi connectivity index (χ4v) is 5.31. The van der Waals surface area contributed by atoms with Gasteiger partial charge in [0, 0.05) is 61.8 Å². The minimum absolute atomic E-state index is 0.0300. The highest BCUT2D eigenvalue weighted by molar-refractivity contribution is 6.07. The zero-order valence-electron chi connectivity index (χ0n) is 23.4. The summed E-state index contributed by atoms with van der Waals surface area (Å²) >= 11 is 0. The Balaban J connectivity index is 1.55. The van der Waals surface area contributed by atoms with Crippen LogP contribution in [0.1, 0.15) is 29.8 Å². The molecule has 2 aliphatic rings. The van der Waals surface area contributed by atoms with E-state index in [0.717, 1.165) is 12.1 Å². The SMILES string of the molecule is C[C@@H]1CN(c2cc(F)c(-c3cnc(N4CCOCC4)nc3)cc2NC(=O)c2c(F)cccc2C(F)(F)F)C[C@H](C)N1C. The highest BCUT2D eigenvalue weighted by Crippen LogP contribution is 2.38. The van der Waals surface area contributed by atoms with E-state index in [2.05, 4.69) is 20.2 Å². The van der Waals surface area contributed by atoms with E-state index >= 15 is 4.39 Å². The molecular formula is C29H31F5N6O2. The molecule has 2 fully saturated rings. The van der Waals surface area contributed by atoms with Crippen LogP contribution in [0.15, 0.2) is 42.7 Å². The summed E-state index contributed by atoms with van der Waals surface area (Å²) < 4.78 is 76.8. The molecule has 2 atom stereocenters. The number of aromatic nitrogens is 2. The van der Waals surface area contributed by atoms with Gasteiger partial charge in [-0.05, 0) is 45.2 Å². The van der Waals surface area contributed by atoms with Crippen LogP contribution in [0.25, 0.3) is 11.1 Å². The molecule has 8 nitrogen and oxygen atoms in total. The maximum absolute atomic E-state index is 15.7. The summed E-state index contributed by atoms with van der Waals surface area (Å²) in [6.07, 6.45) is -2.08. The molecule has 3 aromatic rings. The van der Waals surface area contributed by atoms with E-state index in [1.165, 1.54) is 24.5 Å². The number of carbonyl (C=O) groups excluding carboxylic acids is 1. The van der Waals surface area contributed by atoms with Crippen molar-refractivity contribution in [3.63, 3.8) is 0 Å². The molecule has 5 rings (SSSR count). The first-order chi connectivity index (χ1) is 19.9. The number of morpholine rings is 1. The van der Waals surface area contributed by atoms with Gasteiger partial charge in [0.2, 0.25) is 5.95 Å². The van der Waals surface area contributed by atoms with E-state index in [9.17, 15) is 22.4 Å². The second kappa shape index (κ2) is 11.8. The van der Waals surface area contributed by atoms with Gasteiger partial charge in [-0.1, -0.05) is 6.07 Å². The number of alkyl halides is 3. The molecule has 0 saturated carbocycles. The van der Waals surface area contributed by atoms with Gasteiger partial charge < -0.3 is 19.9 Å². The smallest absolute Gasteiger partial charge is 0.378 e. The van der Waals surface area contributed by atoms with Crippen molar-refractivity contribution in [1.82, 2.24) is 14.9 Å². The maximum atomic E-state index is 15.7. The summed E-state index contributed by atoms with van der Waals surface area (Å²) in [4.78, 5) is 27.9. The summed E-state index contributed by atoms with van der Waals surface area (Å²) in [6.45, 7) is 7.20. The van der Waals surface area contributed by atoms with Gasteiger partial charge in [-0.3, -0.25) is 9.69 Å². The van der Waals surface area contributed by atoms with Crippen molar-refractivity contribution >= 4 is 23.2 Å². The molecule has 3 heterocycles. The largest absolute Gasteiger partial charge is 0.417 e. The number of hydrogen-bond acceptors (Lipinski definition) is 7. The Labute approximate surface area is 240 Å². The number of halogens is 5. The molecule has 13 heteroatoms. The molecule has 0 radical (unpaired) electrons. The number of nitrogens with zero attached hydrogens (tertiary/aromatic N) is 5.